The van der Waals surface area contributed by atoms with Gasteiger partial charge in [-0.05, 0) is 43.0 Å². The molecule has 0 atom stereocenters. The largest absolute Gasteiger partial charge is 0.416 e. The van der Waals surface area contributed by atoms with Gasteiger partial charge in [-0.3, -0.25) is 0 Å². The molecular formula is C15H14F3N3. The Labute approximate surface area is 120 Å². The SMILES string of the molecule is Cc1cnc(NC2(c3cccc(C(F)(F)F)c3)CC2)nc1. The molecule has 21 heavy (non-hydrogen) atoms. The number of alkyl halides is 3. The minimum absolute atomic E-state index is 0.440. The summed E-state index contributed by atoms with van der Waals surface area (Å²) in [5.41, 5.74) is 0.458. The second kappa shape index (κ2) is 4.72. The first-order valence-electron chi connectivity index (χ1n) is 6.64. The first kappa shape index (κ1) is 13.9. The van der Waals surface area contributed by atoms with Crippen molar-refractivity contribution in [1.29, 1.82) is 0 Å². The lowest BCUT2D eigenvalue weighted by Gasteiger charge is -2.19. The molecule has 2 aromatic rings. The molecule has 0 radical (unpaired) electrons. The molecule has 0 spiro atoms. The van der Waals surface area contributed by atoms with Gasteiger partial charge >= 0.3 is 6.18 Å². The zero-order chi connectivity index (χ0) is 15.1. The fraction of sp³-hybridized carbons (Fsp3) is 0.333. The highest BCUT2D eigenvalue weighted by molar-refractivity contribution is 5.43. The molecule has 3 nitrogen and oxygen atoms in total. The van der Waals surface area contributed by atoms with Crippen molar-refractivity contribution in [2.45, 2.75) is 31.5 Å². The van der Waals surface area contributed by atoms with Crippen LogP contribution in [0.1, 0.15) is 29.5 Å². The van der Waals surface area contributed by atoms with Crippen molar-refractivity contribution >= 4 is 5.95 Å². The van der Waals surface area contributed by atoms with Gasteiger partial charge in [0.2, 0.25) is 5.95 Å². The summed E-state index contributed by atoms with van der Waals surface area (Å²) in [4.78, 5) is 8.31. The molecule has 0 bridgehead atoms. The van der Waals surface area contributed by atoms with E-state index in [9.17, 15) is 13.2 Å². The number of hydrogen-bond acceptors (Lipinski definition) is 3. The van der Waals surface area contributed by atoms with Crippen LogP contribution < -0.4 is 5.32 Å². The number of aromatic nitrogens is 2. The predicted molar refractivity (Wildman–Crippen MR) is 72.7 cm³/mol. The summed E-state index contributed by atoms with van der Waals surface area (Å²) in [7, 11) is 0. The van der Waals surface area contributed by atoms with E-state index in [1.54, 1.807) is 18.5 Å². The number of hydrogen-bond donors (Lipinski definition) is 1. The third kappa shape index (κ3) is 2.84. The van der Waals surface area contributed by atoms with Crippen molar-refractivity contribution in [3.05, 3.63) is 53.3 Å². The summed E-state index contributed by atoms with van der Waals surface area (Å²) < 4.78 is 38.4. The van der Waals surface area contributed by atoms with Crippen molar-refractivity contribution in [1.82, 2.24) is 9.97 Å². The van der Waals surface area contributed by atoms with Crippen LogP contribution in [0.15, 0.2) is 36.7 Å². The number of anilines is 1. The van der Waals surface area contributed by atoms with Crippen LogP contribution in [0, 0.1) is 6.92 Å². The van der Waals surface area contributed by atoms with E-state index in [-0.39, 0.29) is 0 Å². The summed E-state index contributed by atoms with van der Waals surface area (Å²) in [6.07, 6.45) is 0.568. The summed E-state index contributed by atoms with van der Waals surface area (Å²) in [5, 5.41) is 3.16. The van der Waals surface area contributed by atoms with Gasteiger partial charge in [-0.25, -0.2) is 9.97 Å². The summed E-state index contributed by atoms with van der Waals surface area (Å²) >= 11 is 0. The molecule has 1 N–H and O–H groups in total. The molecule has 1 saturated carbocycles. The third-order valence-corrected chi connectivity index (χ3v) is 3.62. The fourth-order valence-corrected chi connectivity index (χ4v) is 2.28. The van der Waals surface area contributed by atoms with Crippen LogP contribution in [0.4, 0.5) is 19.1 Å². The van der Waals surface area contributed by atoms with Gasteiger partial charge in [0, 0.05) is 12.4 Å². The maximum absolute atomic E-state index is 12.8. The smallest absolute Gasteiger partial charge is 0.345 e. The Morgan fingerprint density at radius 1 is 1.14 bits per heavy atom. The van der Waals surface area contributed by atoms with Crippen LogP contribution in [0.25, 0.3) is 0 Å². The van der Waals surface area contributed by atoms with E-state index in [2.05, 4.69) is 15.3 Å². The molecular weight excluding hydrogens is 279 g/mol. The molecule has 110 valence electrons. The molecule has 6 heteroatoms. The highest BCUT2D eigenvalue weighted by Crippen LogP contribution is 2.48. The minimum Gasteiger partial charge on any atom is -0.345 e. The van der Waals surface area contributed by atoms with Crippen molar-refractivity contribution in [2.24, 2.45) is 0 Å². The topological polar surface area (TPSA) is 37.8 Å². The highest BCUT2D eigenvalue weighted by Gasteiger charge is 2.46. The Hall–Kier alpha value is -2.11. The van der Waals surface area contributed by atoms with E-state index in [4.69, 9.17) is 0 Å². The van der Waals surface area contributed by atoms with Gasteiger partial charge in [0.05, 0.1) is 11.1 Å². The van der Waals surface area contributed by atoms with Gasteiger partial charge in [0.25, 0.3) is 0 Å². The zero-order valence-electron chi connectivity index (χ0n) is 11.4. The molecule has 1 heterocycles. The normalized spacial score (nSPS) is 16.6. The number of nitrogens with one attached hydrogen (secondary N) is 1. The van der Waals surface area contributed by atoms with Gasteiger partial charge in [0.15, 0.2) is 0 Å². The van der Waals surface area contributed by atoms with E-state index < -0.39 is 17.3 Å². The van der Waals surface area contributed by atoms with Crippen LogP contribution in [-0.2, 0) is 11.7 Å². The first-order chi connectivity index (χ1) is 9.89. The molecule has 0 saturated heterocycles. The summed E-state index contributed by atoms with van der Waals surface area (Å²) in [6.45, 7) is 1.88. The lowest BCUT2D eigenvalue weighted by molar-refractivity contribution is -0.137. The van der Waals surface area contributed by atoms with E-state index in [0.29, 0.717) is 11.5 Å². The van der Waals surface area contributed by atoms with Crippen LogP contribution in [0.2, 0.25) is 0 Å². The molecule has 1 aromatic heterocycles. The number of nitrogens with zero attached hydrogens (tertiary/aromatic N) is 2. The molecule has 1 aliphatic rings. The quantitative estimate of drug-likeness (QED) is 0.932. The molecule has 0 unspecified atom stereocenters. The number of rotatable bonds is 3. The fourth-order valence-electron chi connectivity index (χ4n) is 2.28. The van der Waals surface area contributed by atoms with E-state index in [1.165, 1.54) is 12.1 Å². The second-order valence-corrected chi connectivity index (χ2v) is 5.37. The van der Waals surface area contributed by atoms with Gasteiger partial charge in [-0.1, -0.05) is 12.1 Å². The standard InChI is InChI=1S/C15H14F3N3/c1-10-8-19-13(20-9-10)21-14(5-6-14)11-3-2-4-12(7-11)15(16,17)18/h2-4,7-9H,5-6H2,1H3,(H,19,20,21). The van der Waals surface area contributed by atoms with Gasteiger partial charge in [-0.2, -0.15) is 13.2 Å². The Morgan fingerprint density at radius 2 is 1.81 bits per heavy atom. The molecule has 1 aromatic carbocycles. The molecule has 0 amide bonds. The molecule has 1 aliphatic carbocycles. The maximum Gasteiger partial charge on any atom is 0.416 e. The van der Waals surface area contributed by atoms with Gasteiger partial charge in [0.1, 0.15) is 0 Å². The van der Waals surface area contributed by atoms with Crippen LogP contribution in [-0.4, -0.2) is 9.97 Å². The van der Waals surface area contributed by atoms with Crippen molar-refractivity contribution in [2.75, 3.05) is 5.32 Å². The van der Waals surface area contributed by atoms with Crippen molar-refractivity contribution in [3.8, 4) is 0 Å². The van der Waals surface area contributed by atoms with Crippen molar-refractivity contribution < 1.29 is 13.2 Å². The Balaban J connectivity index is 1.87. The highest BCUT2D eigenvalue weighted by atomic mass is 19.4. The first-order valence-corrected chi connectivity index (χ1v) is 6.64. The molecule has 1 fully saturated rings. The third-order valence-electron chi connectivity index (χ3n) is 3.62. The Kier molecular flexibility index (Phi) is 3.11. The molecule has 0 aliphatic heterocycles. The van der Waals surface area contributed by atoms with Crippen LogP contribution in [0.3, 0.4) is 0 Å². The van der Waals surface area contributed by atoms with Gasteiger partial charge < -0.3 is 5.32 Å². The van der Waals surface area contributed by atoms with E-state index in [1.807, 2.05) is 6.92 Å². The van der Waals surface area contributed by atoms with Crippen molar-refractivity contribution in [3.63, 3.8) is 0 Å². The van der Waals surface area contributed by atoms with E-state index >= 15 is 0 Å². The number of benzene rings is 1. The van der Waals surface area contributed by atoms with Gasteiger partial charge in [-0.15, -0.1) is 0 Å². The average molecular weight is 293 g/mol. The lowest BCUT2D eigenvalue weighted by Crippen LogP contribution is -2.21. The molecule has 3 rings (SSSR count). The predicted octanol–water partition coefficient (Wildman–Crippen LogP) is 3.91. The average Bonchev–Trinajstić information content (AvgIpc) is 3.22. The second-order valence-electron chi connectivity index (χ2n) is 5.37. The van der Waals surface area contributed by atoms with Crippen LogP contribution >= 0.6 is 0 Å². The zero-order valence-corrected chi connectivity index (χ0v) is 11.4. The Bertz CT molecular complexity index is 646. The Morgan fingerprint density at radius 3 is 2.38 bits per heavy atom. The summed E-state index contributed by atoms with van der Waals surface area (Å²) in [6, 6.07) is 5.44. The lowest BCUT2D eigenvalue weighted by atomic mass is 10.0. The number of halogens is 3. The maximum atomic E-state index is 12.8. The summed E-state index contributed by atoms with van der Waals surface area (Å²) in [5.74, 6) is 0.440. The van der Waals surface area contributed by atoms with Crippen LogP contribution in [0.5, 0.6) is 0 Å². The minimum atomic E-state index is -4.33. The van der Waals surface area contributed by atoms with E-state index in [0.717, 1.165) is 24.5 Å². The monoisotopic (exact) mass is 293 g/mol. The number of aryl methyl sites for hydroxylation is 1.